The zero-order valence-electron chi connectivity index (χ0n) is 12.2. The first-order valence-corrected chi connectivity index (χ1v) is 6.39. The maximum absolute atomic E-state index is 5.41. The lowest BCUT2D eigenvalue weighted by Gasteiger charge is -2.11. The SMILES string of the molecule is CNCc1cn(C)nc1-c1cc(C)c(OC)c(C)c1. The number of nitrogens with one attached hydrogen (secondary N) is 1. The average Bonchev–Trinajstić information content (AvgIpc) is 2.70. The molecule has 0 aliphatic rings. The van der Waals surface area contributed by atoms with Gasteiger partial charge in [-0.25, -0.2) is 0 Å². The number of ether oxygens (including phenoxy) is 1. The van der Waals surface area contributed by atoms with Crippen molar-refractivity contribution in [1.29, 1.82) is 0 Å². The van der Waals surface area contributed by atoms with Crippen LogP contribution >= 0.6 is 0 Å². The summed E-state index contributed by atoms with van der Waals surface area (Å²) in [6.07, 6.45) is 2.06. The van der Waals surface area contributed by atoms with Gasteiger partial charge in [0.25, 0.3) is 0 Å². The summed E-state index contributed by atoms with van der Waals surface area (Å²) >= 11 is 0. The molecule has 0 atom stereocenters. The van der Waals surface area contributed by atoms with E-state index in [1.54, 1.807) is 7.11 Å². The smallest absolute Gasteiger partial charge is 0.124 e. The number of benzene rings is 1. The first kappa shape index (κ1) is 13.6. The molecule has 0 saturated carbocycles. The second kappa shape index (κ2) is 5.45. The minimum absolute atomic E-state index is 0.813. The van der Waals surface area contributed by atoms with Crippen LogP contribution in [0.1, 0.15) is 16.7 Å². The van der Waals surface area contributed by atoms with Crippen LogP contribution in [-0.2, 0) is 13.6 Å². The van der Waals surface area contributed by atoms with Gasteiger partial charge in [-0.15, -0.1) is 0 Å². The predicted octanol–water partition coefficient (Wildman–Crippen LogP) is 2.43. The van der Waals surface area contributed by atoms with Gasteiger partial charge in [-0.2, -0.15) is 5.10 Å². The summed E-state index contributed by atoms with van der Waals surface area (Å²) in [6.45, 7) is 4.94. The molecule has 0 amide bonds. The fourth-order valence-corrected chi connectivity index (χ4v) is 2.51. The second-order valence-corrected chi connectivity index (χ2v) is 4.85. The van der Waals surface area contributed by atoms with Crippen molar-refractivity contribution in [2.24, 2.45) is 7.05 Å². The molecule has 4 nitrogen and oxygen atoms in total. The number of hydrogen-bond acceptors (Lipinski definition) is 3. The van der Waals surface area contributed by atoms with Gasteiger partial charge >= 0.3 is 0 Å². The summed E-state index contributed by atoms with van der Waals surface area (Å²) in [5.41, 5.74) is 5.65. The van der Waals surface area contributed by atoms with E-state index in [2.05, 4.69) is 42.6 Å². The standard InChI is InChI=1S/C15H21N3O/c1-10-6-12(7-11(2)15(10)19-5)14-13(8-16-3)9-18(4)17-14/h6-7,9,16H,8H2,1-5H3. The molecule has 2 rings (SSSR count). The van der Waals surface area contributed by atoms with Crippen LogP contribution in [0.15, 0.2) is 18.3 Å². The molecule has 1 heterocycles. The van der Waals surface area contributed by atoms with Gasteiger partial charge in [-0.3, -0.25) is 4.68 Å². The molecule has 1 aromatic carbocycles. The highest BCUT2D eigenvalue weighted by atomic mass is 16.5. The molecule has 0 fully saturated rings. The van der Waals surface area contributed by atoms with Crippen LogP contribution < -0.4 is 10.1 Å². The molecule has 0 aliphatic carbocycles. The quantitative estimate of drug-likeness (QED) is 0.916. The Hall–Kier alpha value is -1.81. The van der Waals surface area contributed by atoms with E-state index < -0.39 is 0 Å². The summed E-state index contributed by atoms with van der Waals surface area (Å²) in [5.74, 6) is 0.954. The minimum Gasteiger partial charge on any atom is -0.496 e. The largest absolute Gasteiger partial charge is 0.496 e. The van der Waals surface area contributed by atoms with Crippen molar-refractivity contribution >= 4 is 0 Å². The number of aromatic nitrogens is 2. The highest BCUT2D eigenvalue weighted by Gasteiger charge is 2.13. The number of nitrogens with zero attached hydrogens (tertiary/aromatic N) is 2. The molecule has 0 saturated heterocycles. The molecule has 2 aromatic rings. The van der Waals surface area contributed by atoms with E-state index in [0.29, 0.717) is 0 Å². The van der Waals surface area contributed by atoms with E-state index >= 15 is 0 Å². The van der Waals surface area contributed by atoms with Gasteiger partial charge in [-0.1, -0.05) is 0 Å². The van der Waals surface area contributed by atoms with Crippen molar-refractivity contribution in [3.05, 3.63) is 35.0 Å². The van der Waals surface area contributed by atoms with Gasteiger partial charge in [0.1, 0.15) is 5.75 Å². The van der Waals surface area contributed by atoms with E-state index in [0.717, 1.165) is 34.7 Å². The summed E-state index contributed by atoms with van der Waals surface area (Å²) in [5, 5.41) is 7.75. The Balaban J connectivity index is 2.53. The molecule has 0 bridgehead atoms. The molecular formula is C15H21N3O. The van der Waals surface area contributed by atoms with Crippen molar-refractivity contribution in [1.82, 2.24) is 15.1 Å². The molecule has 102 valence electrons. The lowest BCUT2D eigenvalue weighted by molar-refractivity contribution is 0.408. The van der Waals surface area contributed by atoms with Crippen LogP contribution in [-0.4, -0.2) is 23.9 Å². The first-order chi connectivity index (χ1) is 9.06. The van der Waals surface area contributed by atoms with Crippen molar-refractivity contribution in [3.63, 3.8) is 0 Å². The molecule has 1 aromatic heterocycles. The van der Waals surface area contributed by atoms with Crippen LogP contribution in [0.5, 0.6) is 5.75 Å². The fourth-order valence-electron chi connectivity index (χ4n) is 2.51. The average molecular weight is 259 g/mol. The fraction of sp³-hybridized carbons (Fsp3) is 0.400. The Morgan fingerprint density at radius 2 is 1.89 bits per heavy atom. The number of methoxy groups -OCH3 is 1. The summed E-state index contributed by atoms with van der Waals surface area (Å²) in [6, 6.07) is 4.26. The Morgan fingerprint density at radius 3 is 2.42 bits per heavy atom. The Bertz CT molecular complexity index is 564. The van der Waals surface area contributed by atoms with Gasteiger partial charge < -0.3 is 10.1 Å². The highest BCUT2D eigenvalue weighted by Crippen LogP contribution is 2.30. The van der Waals surface area contributed by atoms with E-state index in [1.165, 1.54) is 5.56 Å². The molecule has 4 heteroatoms. The summed E-state index contributed by atoms with van der Waals surface area (Å²) < 4.78 is 7.27. The predicted molar refractivity (Wildman–Crippen MR) is 77.4 cm³/mol. The number of aryl methyl sites for hydroxylation is 3. The molecule has 0 spiro atoms. The zero-order valence-corrected chi connectivity index (χ0v) is 12.2. The number of rotatable bonds is 4. The molecular weight excluding hydrogens is 238 g/mol. The Morgan fingerprint density at radius 1 is 1.26 bits per heavy atom. The Labute approximate surface area is 114 Å². The van der Waals surface area contributed by atoms with Crippen LogP contribution in [0.25, 0.3) is 11.3 Å². The van der Waals surface area contributed by atoms with E-state index in [9.17, 15) is 0 Å². The maximum Gasteiger partial charge on any atom is 0.124 e. The second-order valence-electron chi connectivity index (χ2n) is 4.85. The lowest BCUT2D eigenvalue weighted by Crippen LogP contribution is -2.05. The Kier molecular flexibility index (Phi) is 3.90. The summed E-state index contributed by atoms with van der Waals surface area (Å²) in [7, 11) is 5.61. The number of hydrogen-bond donors (Lipinski definition) is 1. The van der Waals surface area contributed by atoms with Crippen LogP contribution in [0, 0.1) is 13.8 Å². The van der Waals surface area contributed by atoms with Gasteiger partial charge in [0.15, 0.2) is 0 Å². The first-order valence-electron chi connectivity index (χ1n) is 6.39. The van der Waals surface area contributed by atoms with Crippen molar-refractivity contribution in [2.45, 2.75) is 20.4 Å². The molecule has 19 heavy (non-hydrogen) atoms. The maximum atomic E-state index is 5.41. The summed E-state index contributed by atoms with van der Waals surface area (Å²) in [4.78, 5) is 0. The van der Waals surface area contributed by atoms with Gasteiger partial charge in [-0.05, 0) is 44.2 Å². The van der Waals surface area contributed by atoms with E-state index in [-0.39, 0.29) is 0 Å². The van der Waals surface area contributed by atoms with Crippen LogP contribution in [0.2, 0.25) is 0 Å². The third kappa shape index (κ3) is 2.63. The third-order valence-electron chi connectivity index (χ3n) is 3.21. The molecule has 0 unspecified atom stereocenters. The van der Waals surface area contributed by atoms with Gasteiger partial charge in [0.2, 0.25) is 0 Å². The zero-order chi connectivity index (χ0) is 14.0. The van der Waals surface area contributed by atoms with Crippen molar-refractivity contribution in [2.75, 3.05) is 14.2 Å². The van der Waals surface area contributed by atoms with Crippen LogP contribution in [0.3, 0.4) is 0 Å². The van der Waals surface area contributed by atoms with E-state index in [4.69, 9.17) is 4.74 Å². The van der Waals surface area contributed by atoms with E-state index in [1.807, 2.05) is 18.8 Å². The van der Waals surface area contributed by atoms with Crippen LogP contribution in [0.4, 0.5) is 0 Å². The normalized spacial score (nSPS) is 10.8. The monoisotopic (exact) mass is 259 g/mol. The lowest BCUT2D eigenvalue weighted by atomic mass is 10.0. The molecule has 1 N–H and O–H groups in total. The highest BCUT2D eigenvalue weighted by molar-refractivity contribution is 5.66. The van der Waals surface area contributed by atoms with Crippen molar-refractivity contribution < 1.29 is 4.74 Å². The van der Waals surface area contributed by atoms with Gasteiger partial charge in [0, 0.05) is 30.9 Å². The van der Waals surface area contributed by atoms with Crippen molar-refractivity contribution in [3.8, 4) is 17.0 Å². The topological polar surface area (TPSA) is 39.1 Å². The third-order valence-corrected chi connectivity index (χ3v) is 3.21. The molecule has 0 radical (unpaired) electrons. The minimum atomic E-state index is 0.813. The van der Waals surface area contributed by atoms with Gasteiger partial charge in [0.05, 0.1) is 12.8 Å². The molecule has 0 aliphatic heterocycles.